The lowest BCUT2D eigenvalue weighted by Crippen LogP contribution is -2.31. The zero-order valence-corrected chi connectivity index (χ0v) is 18.4. The molecule has 7 nitrogen and oxygen atoms in total. The van der Waals surface area contributed by atoms with Gasteiger partial charge in [0.1, 0.15) is 16.5 Å². The Morgan fingerprint density at radius 1 is 1.13 bits per heavy atom. The number of halogens is 1. The van der Waals surface area contributed by atoms with Crippen molar-refractivity contribution in [3.8, 4) is 5.75 Å². The Morgan fingerprint density at radius 3 is 2.52 bits per heavy atom. The van der Waals surface area contributed by atoms with Crippen LogP contribution >= 0.6 is 0 Å². The molecule has 31 heavy (non-hydrogen) atoms. The average molecular weight is 450 g/mol. The lowest BCUT2D eigenvalue weighted by Gasteiger charge is -2.19. The van der Waals surface area contributed by atoms with Gasteiger partial charge < -0.3 is 15.4 Å². The summed E-state index contributed by atoms with van der Waals surface area (Å²) < 4.78 is 46.0. The summed E-state index contributed by atoms with van der Waals surface area (Å²) in [5.74, 6) is -0.206. The summed E-state index contributed by atoms with van der Waals surface area (Å²) in [5.41, 5.74) is 1.45. The second kappa shape index (κ2) is 10.6. The Kier molecular flexibility index (Phi) is 7.86. The van der Waals surface area contributed by atoms with Crippen LogP contribution in [-0.2, 0) is 21.2 Å². The van der Waals surface area contributed by atoms with Crippen molar-refractivity contribution in [1.29, 1.82) is 0 Å². The van der Waals surface area contributed by atoms with Crippen molar-refractivity contribution in [2.45, 2.75) is 31.1 Å². The van der Waals surface area contributed by atoms with Crippen molar-refractivity contribution in [2.75, 3.05) is 38.1 Å². The van der Waals surface area contributed by atoms with Crippen LogP contribution in [0, 0.1) is 5.82 Å². The molecule has 2 N–H and O–H groups in total. The molecule has 9 heteroatoms. The largest absolute Gasteiger partial charge is 0.492 e. The van der Waals surface area contributed by atoms with Gasteiger partial charge in [0.05, 0.1) is 13.2 Å². The fraction of sp³-hybridized carbons (Fsp3) is 0.409. The Labute approximate surface area is 182 Å². The lowest BCUT2D eigenvalue weighted by atomic mass is 10.1. The third-order valence-electron chi connectivity index (χ3n) is 5.03. The van der Waals surface area contributed by atoms with E-state index in [9.17, 15) is 17.6 Å². The summed E-state index contributed by atoms with van der Waals surface area (Å²) in [6, 6.07) is 11.0. The highest BCUT2D eigenvalue weighted by Gasteiger charge is 2.30. The van der Waals surface area contributed by atoms with Gasteiger partial charge >= 0.3 is 0 Å². The number of benzene rings is 2. The summed E-state index contributed by atoms with van der Waals surface area (Å²) in [6.07, 6.45) is 2.28. The third-order valence-corrected chi connectivity index (χ3v) is 6.95. The molecule has 2 aromatic rings. The highest BCUT2D eigenvalue weighted by atomic mass is 32.2. The van der Waals surface area contributed by atoms with Gasteiger partial charge in [-0.1, -0.05) is 12.1 Å². The molecule has 0 radical (unpaired) electrons. The van der Waals surface area contributed by atoms with Crippen molar-refractivity contribution in [3.63, 3.8) is 0 Å². The molecule has 0 aliphatic carbocycles. The van der Waals surface area contributed by atoms with Crippen LogP contribution in [0.25, 0.3) is 0 Å². The van der Waals surface area contributed by atoms with E-state index in [1.54, 1.807) is 31.2 Å². The van der Waals surface area contributed by atoms with Gasteiger partial charge in [-0.05, 0) is 62.1 Å². The monoisotopic (exact) mass is 449 g/mol. The molecule has 1 saturated heterocycles. The van der Waals surface area contributed by atoms with Crippen molar-refractivity contribution in [1.82, 2.24) is 9.62 Å². The van der Waals surface area contributed by atoms with E-state index in [1.807, 2.05) is 0 Å². The Balaban J connectivity index is 1.59. The quantitative estimate of drug-likeness (QED) is 0.582. The standard InChI is InChI=1S/C22H28FN3O4S/c1-2-30-20-10-9-19(15-21(20)31(28,29)26-13-3-4-14-26)25-16-22(27)24-12-11-17-5-7-18(23)8-6-17/h5-10,15,25H,2-4,11-14,16H2,1H3,(H,24,27). The predicted molar refractivity (Wildman–Crippen MR) is 117 cm³/mol. The van der Waals surface area contributed by atoms with E-state index in [-0.39, 0.29) is 23.2 Å². The number of anilines is 1. The molecule has 1 aliphatic rings. The van der Waals surface area contributed by atoms with E-state index < -0.39 is 10.0 Å². The fourth-order valence-electron chi connectivity index (χ4n) is 3.40. The summed E-state index contributed by atoms with van der Waals surface area (Å²) in [5, 5.41) is 5.76. The molecule has 2 aromatic carbocycles. The number of sulfonamides is 1. The molecule has 1 fully saturated rings. The van der Waals surface area contributed by atoms with Gasteiger partial charge in [-0.3, -0.25) is 4.79 Å². The first-order chi connectivity index (χ1) is 14.9. The van der Waals surface area contributed by atoms with Crippen molar-refractivity contribution in [2.24, 2.45) is 0 Å². The van der Waals surface area contributed by atoms with Gasteiger partial charge in [-0.25, -0.2) is 12.8 Å². The maximum Gasteiger partial charge on any atom is 0.246 e. The highest BCUT2D eigenvalue weighted by molar-refractivity contribution is 7.89. The van der Waals surface area contributed by atoms with Crippen molar-refractivity contribution < 1.29 is 22.3 Å². The summed E-state index contributed by atoms with van der Waals surface area (Å²) in [4.78, 5) is 12.2. The average Bonchev–Trinajstić information content (AvgIpc) is 3.30. The molecule has 0 atom stereocenters. The van der Waals surface area contributed by atoms with E-state index in [4.69, 9.17) is 4.74 Å². The van der Waals surface area contributed by atoms with Crippen molar-refractivity contribution >= 4 is 21.6 Å². The Morgan fingerprint density at radius 2 is 1.84 bits per heavy atom. The topological polar surface area (TPSA) is 87.7 Å². The van der Waals surface area contributed by atoms with Crippen LogP contribution in [0.3, 0.4) is 0 Å². The molecule has 0 aromatic heterocycles. The van der Waals surface area contributed by atoms with Crippen LogP contribution < -0.4 is 15.4 Å². The molecule has 3 rings (SSSR count). The van der Waals surface area contributed by atoms with Gasteiger partial charge in [-0.2, -0.15) is 4.31 Å². The van der Waals surface area contributed by atoms with Crippen LogP contribution in [0.4, 0.5) is 10.1 Å². The van der Waals surface area contributed by atoms with Crippen LogP contribution in [0.5, 0.6) is 5.75 Å². The first kappa shape index (κ1) is 23.0. The highest BCUT2D eigenvalue weighted by Crippen LogP contribution is 2.31. The van der Waals surface area contributed by atoms with Gasteiger partial charge in [0.15, 0.2) is 0 Å². The Bertz CT molecular complexity index is 990. The summed E-state index contributed by atoms with van der Waals surface area (Å²) in [6.45, 7) is 3.58. The maximum absolute atomic E-state index is 13.0. The zero-order chi connectivity index (χ0) is 22.3. The van der Waals surface area contributed by atoms with Crippen LogP contribution in [0.2, 0.25) is 0 Å². The fourth-order valence-corrected chi connectivity index (χ4v) is 5.08. The molecular weight excluding hydrogens is 421 g/mol. The minimum absolute atomic E-state index is 0.000597. The number of ether oxygens (including phenoxy) is 1. The van der Waals surface area contributed by atoms with E-state index >= 15 is 0 Å². The number of hydrogen-bond donors (Lipinski definition) is 2. The molecule has 1 aliphatic heterocycles. The van der Waals surface area contributed by atoms with E-state index in [0.717, 1.165) is 18.4 Å². The predicted octanol–water partition coefficient (Wildman–Crippen LogP) is 2.78. The molecule has 0 unspecified atom stereocenters. The van der Waals surface area contributed by atoms with E-state index in [0.29, 0.717) is 44.1 Å². The van der Waals surface area contributed by atoms with Gasteiger partial charge in [0, 0.05) is 25.3 Å². The number of rotatable bonds is 10. The van der Waals surface area contributed by atoms with Crippen LogP contribution in [0.15, 0.2) is 47.4 Å². The number of hydrogen-bond acceptors (Lipinski definition) is 5. The van der Waals surface area contributed by atoms with Gasteiger partial charge in [-0.15, -0.1) is 0 Å². The summed E-state index contributed by atoms with van der Waals surface area (Å²) >= 11 is 0. The molecule has 0 saturated carbocycles. The molecule has 0 bridgehead atoms. The summed E-state index contributed by atoms with van der Waals surface area (Å²) in [7, 11) is -3.66. The number of amides is 1. The third kappa shape index (κ3) is 6.18. The number of carbonyl (C=O) groups excluding carboxylic acids is 1. The minimum Gasteiger partial charge on any atom is -0.492 e. The number of nitrogens with one attached hydrogen (secondary N) is 2. The zero-order valence-electron chi connectivity index (χ0n) is 17.6. The number of nitrogens with zero attached hydrogens (tertiary/aromatic N) is 1. The number of carbonyl (C=O) groups is 1. The second-order valence-corrected chi connectivity index (χ2v) is 9.19. The van der Waals surface area contributed by atoms with E-state index in [1.165, 1.54) is 22.5 Å². The molecule has 1 amide bonds. The SMILES string of the molecule is CCOc1ccc(NCC(=O)NCCc2ccc(F)cc2)cc1S(=O)(=O)N1CCCC1. The van der Waals surface area contributed by atoms with Crippen LogP contribution in [-0.4, -0.2) is 51.4 Å². The maximum atomic E-state index is 13.0. The molecular formula is C22H28FN3O4S. The molecule has 0 spiro atoms. The molecule has 168 valence electrons. The van der Waals surface area contributed by atoms with E-state index in [2.05, 4.69) is 10.6 Å². The van der Waals surface area contributed by atoms with Gasteiger partial charge in [0.2, 0.25) is 15.9 Å². The first-order valence-corrected chi connectivity index (χ1v) is 11.9. The van der Waals surface area contributed by atoms with Crippen LogP contribution in [0.1, 0.15) is 25.3 Å². The second-order valence-electron chi connectivity index (χ2n) is 7.29. The lowest BCUT2D eigenvalue weighted by molar-refractivity contribution is -0.119. The normalized spacial score (nSPS) is 14.4. The molecule has 1 heterocycles. The minimum atomic E-state index is -3.66. The van der Waals surface area contributed by atoms with Gasteiger partial charge in [0.25, 0.3) is 0 Å². The smallest absolute Gasteiger partial charge is 0.246 e. The Hall–Kier alpha value is -2.65. The first-order valence-electron chi connectivity index (χ1n) is 10.4. The van der Waals surface area contributed by atoms with Crippen molar-refractivity contribution in [3.05, 3.63) is 53.8 Å².